The number of carboxylic acids is 1. The Balaban J connectivity index is 2.05. The van der Waals surface area contributed by atoms with Crippen molar-refractivity contribution in [3.05, 3.63) is 63.1 Å². The van der Waals surface area contributed by atoms with Crippen molar-refractivity contribution >= 4 is 58.1 Å². The van der Waals surface area contributed by atoms with E-state index in [4.69, 9.17) is 35.4 Å². The zero-order chi connectivity index (χ0) is 17.9. The summed E-state index contributed by atoms with van der Waals surface area (Å²) < 4.78 is 0. The molecule has 1 amide bonds. The molecule has 0 bridgehead atoms. The van der Waals surface area contributed by atoms with Crippen molar-refractivity contribution in [1.82, 2.24) is 5.32 Å². The highest BCUT2D eigenvalue weighted by molar-refractivity contribution is 7.80. The standard InChI is InChI=1S/C16H12Cl2N2O3S/c1-8-2-3-9(6-12(8)17)14(21)20-16(24)19-10-4-5-11(15(22)23)13(18)7-10/h2-7H,1H3,(H,22,23)(H2,19,20,21,24)/p-1. The zero-order valence-electron chi connectivity index (χ0n) is 12.4. The van der Waals surface area contributed by atoms with Crippen LogP contribution >= 0.6 is 35.4 Å². The van der Waals surface area contributed by atoms with Crippen LogP contribution in [0.4, 0.5) is 5.69 Å². The highest BCUT2D eigenvalue weighted by atomic mass is 35.5. The second kappa shape index (κ2) is 7.61. The van der Waals surface area contributed by atoms with E-state index >= 15 is 0 Å². The van der Waals surface area contributed by atoms with Crippen LogP contribution in [0.1, 0.15) is 26.3 Å². The van der Waals surface area contributed by atoms with E-state index in [0.717, 1.165) is 5.56 Å². The lowest BCUT2D eigenvalue weighted by Crippen LogP contribution is -2.34. The number of halogens is 2. The minimum absolute atomic E-state index is 0.000516. The fourth-order valence-corrected chi connectivity index (χ4v) is 2.48. The molecule has 0 aliphatic carbocycles. The summed E-state index contributed by atoms with van der Waals surface area (Å²) >= 11 is 16.9. The maximum Gasteiger partial charge on any atom is 0.257 e. The number of carbonyl (C=O) groups is 2. The van der Waals surface area contributed by atoms with Crippen LogP contribution in [-0.4, -0.2) is 17.0 Å². The van der Waals surface area contributed by atoms with Gasteiger partial charge in [-0.3, -0.25) is 10.1 Å². The number of carbonyl (C=O) groups excluding carboxylic acids is 2. The SMILES string of the molecule is Cc1ccc(C(=O)NC(=S)Nc2ccc(C(=O)[O-])c(Cl)c2)cc1Cl. The predicted molar refractivity (Wildman–Crippen MR) is 95.7 cm³/mol. The molecule has 5 nitrogen and oxygen atoms in total. The molecule has 2 aromatic carbocycles. The number of anilines is 1. The maximum atomic E-state index is 12.1. The Morgan fingerprint density at radius 2 is 1.79 bits per heavy atom. The van der Waals surface area contributed by atoms with Crippen molar-refractivity contribution < 1.29 is 14.7 Å². The van der Waals surface area contributed by atoms with E-state index in [1.807, 2.05) is 6.92 Å². The number of hydrogen-bond donors (Lipinski definition) is 2. The van der Waals surface area contributed by atoms with Gasteiger partial charge in [-0.05, 0) is 55.0 Å². The summed E-state index contributed by atoms with van der Waals surface area (Å²) in [6.07, 6.45) is 0. The molecule has 0 aliphatic heterocycles. The summed E-state index contributed by atoms with van der Waals surface area (Å²) in [7, 11) is 0. The lowest BCUT2D eigenvalue weighted by molar-refractivity contribution is -0.255. The van der Waals surface area contributed by atoms with Crippen LogP contribution in [0.2, 0.25) is 10.0 Å². The molecule has 0 atom stereocenters. The number of nitrogens with one attached hydrogen (secondary N) is 2. The number of amides is 1. The Hall–Kier alpha value is -2.15. The van der Waals surface area contributed by atoms with Gasteiger partial charge in [-0.15, -0.1) is 0 Å². The van der Waals surface area contributed by atoms with Gasteiger partial charge in [0.05, 0.1) is 11.0 Å². The van der Waals surface area contributed by atoms with E-state index in [9.17, 15) is 14.7 Å². The van der Waals surface area contributed by atoms with Gasteiger partial charge in [0.2, 0.25) is 0 Å². The first-order valence-corrected chi connectivity index (χ1v) is 7.83. The normalized spacial score (nSPS) is 10.1. The maximum absolute atomic E-state index is 12.1. The molecule has 0 spiro atoms. The van der Waals surface area contributed by atoms with Crippen molar-refractivity contribution in [3.8, 4) is 0 Å². The summed E-state index contributed by atoms with van der Waals surface area (Å²) in [5.74, 6) is -1.80. The molecule has 0 unspecified atom stereocenters. The van der Waals surface area contributed by atoms with Crippen molar-refractivity contribution in [2.45, 2.75) is 6.92 Å². The van der Waals surface area contributed by atoms with Crippen LogP contribution in [0.15, 0.2) is 36.4 Å². The van der Waals surface area contributed by atoms with Gasteiger partial charge >= 0.3 is 0 Å². The van der Waals surface area contributed by atoms with Gasteiger partial charge in [0.1, 0.15) is 0 Å². The van der Waals surface area contributed by atoms with Crippen molar-refractivity contribution in [2.24, 2.45) is 0 Å². The third-order valence-electron chi connectivity index (χ3n) is 3.11. The molecule has 0 heterocycles. The van der Waals surface area contributed by atoms with Crippen LogP contribution < -0.4 is 15.7 Å². The van der Waals surface area contributed by atoms with E-state index in [-0.39, 0.29) is 15.7 Å². The van der Waals surface area contributed by atoms with Gasteiger partial charge in [-0.1, -0.05) is 29.3 Å². The van der Waals surface area contributed by atoms with Gasteiger partial charge in [0.25, 0.3) is 5.91 Å². The first kappa shape index (κ1) is 18.2. The highest BCUT2D eigenvalue weighted by Gasteiger charge is 2.10. The third kappa shape index (κ3) is 4.44. The molecule has 0 fully saturated rings. The average Bonchev–Trinajstić information content (AvgIpc) is 2.49. The van der Waals surface area contributed by atoms with Gasteiger partial charge in [0, 0.05) is 21.8 Å². The number of aryl methyl sites for hydroxylation is 1. The molecule has 24 heavy (non-hydrogen) atoms. The van der Waals surface area contributed by atoms with Gasteiger partial charge in [-0.25, -0.2) is 0 Å². The van der Waals surface area contributed by atoms with Gasteiger partial charge < -0.3 is 15.2 Å². The Morgan fingerprint density at radius 3 is 2.38 bits per heavy atom. The molecule has 0 saturated carbocycles. The minimum Gasteiger partial charge on any atom is -0.545 e. The smallest absolute Gasteiger partial charge is 0.257 e. The van der Waals surface area contributed by atoms with Crippen molar-refractivity contribution in [1.29, 1.82) is 0 Å². The lowest BCUT2D eigenvalue weighted by atomic mass is 10.1. The fraction of sp³-hybridized carbons (Fsp3) is 0.0625. The molecule has 0 aliphatic rings. The Labute approximate surface area is 153 Å². The molecular formula is C16H11Cl2N2O3S-. The molecule has 8 heteroatoms. The molecule has 0 aromatic heterocycles. The number of hydrogen-bond acceptors (Lipinski definition) is 4. The van der Waals surface area contributed by atoms with Crippen molar-refractivity contribution in [2.75, 3.05) is 5.32 Å². The summed E-state index contributed by atoms with van der Waals surface area (Å²) in [4.78, 5) is 22.9. The van der Waals surface area contributed by atoms with Crippen LogP contribution in [0.25, 0.3) is 0 Å². The Morgan fingerprint density at radius 1 is 1.08 bits per heavy atom. The second-order valence-corrected chi connectivity index (χ2v) is 6.08. The molecule has 0 radical (unpaired) electrons. The largest absolute Gasteiger partial charge is 0.545 e. The summed E-state index contributed by atoms with van der Waals surface area (Å²) in [6.45, 7) is 1.83. The fourth-order valence-electron chi connectivity index (χ4n) is 1.83. The Kier molecular flexibility index (Phi) is 5.77. The highest BCUT2D eigenvalue weighted by Crippen LogP contribution is 2.20. The number of carboxylic acid groups (broad SMARTS) is 1. The Bertz CT molecular complexity index is 840. The average molecular weight is 382 g/mol. The summed E-state index contributed by atoms with van der Waals surface area (Å²) in [6, 6.07) is 9.01. The molecule has 2 aromatic rings. The molecule has 124 valence electrons. The monoisotopic (exact) mass is 381 g/mol. The predicted octanol–water partition coefficient (Wildman–Crippen LogP) is 2.79. The quantitative estimate of drug-likeness (QED) is 0.798. The van der Waals surface area contributed by atoms with Gasteiger partial charge in [0.15, 0.2) is 5.11 Å². The van der Waals surface area contributed by atoms with Crippen LogP contribution in [-0.2, 0) is 0 Å². The molecule has 2 rings (SSSR count). The summed E-state index contributed by atoms with van der Waals surface area (Å²) in [5, 5.41) is 16.6. The van der Waals surface area contributed by atoms with Crippen LogP contribution in [0.5, 0.6) is 0 Å². The van der Waals surface area contributed by atoms with E-state index < -0.39 is 11.9 Å². The minimum atomic E-state index is -1.38. The number of thiocarbonyl (C=S) groups is 1. The number of rotatable bonds is 3. The molecule has 0 saturated heterocycles. The lowest BCUT2D eigenvalue weighted by Gasteiger charge is -2.12. The first-order chi connectivity index (χ1) is 11.3. The molecule has 2 N–H and O–H groups in total. The van der Waals surface area contributed by atoms with Crippen molar-refractivity contribution in [3.63, 3.8) is 0 Å². The third-order valence-corrected chi connectivity index (χ3v) is 4.03. The van der Waals surface area contributed by atoms with E-state index in [1.54, 1.807) is 18.2 Å². The second-order valence-electron chi connectivity index (χ2n) is 4.85. The van der Waals surface area contributed by atoms with Crippen LogP contribution in [0, 0.1) is 6.92 Å². The van der Waals surface area contributed by atoms with E-state index in [0.29, 0.717) is 16.3 Å². The zero-order valence-corrected chi connectivity index (χ0v) is 14.7. The molecular weight excluding hydrogens is 371 g/mol. The number of aromatic carboxylic acids is 1. The van der Waals surface area contributed by atoms with E-state index in [1.165, 1.54) is 18.2 Å². The number of benzene rings is 2. The van der Waals surface area contributed by atoms with Crippen LogP contribution in [0.3, 0.4) is 0 Å². The van der Waals surface area contributed by atoms with Gasteiger partial charge in [-0.2, -0.15) is 0 Å². The topological polar surface area (TPSA) is 81.3 Å². The summed E-state index contributed by atoms with van der Waals surface area (Å²) in [5.41, 5.74) is 1.51. The van der Waals surface area contributed by atoms with E-state index in [2.05, 4.69) is 10.6 Å². The first-order valence-electron chi connectivity index (χ1n) is 6.67.